The van der Waals surface area contributed by atoms with Gasteiger partial charge in [0.25, 0.3) is 0 Å². The average molecular weight is 611 g/mol. The van der Waals surface area contributed by atoms with E-state index in [1.54, 1.807) is 0 Å². The molecule has 0 spiro atoms. The third-order valence-corrected chi connectivity index (χ3v) is 13.3. The van der Waals surface area contributed by atoms with Crippen LogP contribution in [0.3, 0.4) is 0 Å². The Labute approximate surface area is 249 Å². The summed E-state index contributed by atoms with van der Waals surface area (Å²) < 4.78 is 46.7. The van der Waals surface area contributed by atoms with Gasteiger partial charge in [-0.2, -0.15) is 4.31 Å². The smallest absolute Gasteiger partial charge is 0.357 e. The molecule has 42 heavy (non-hydrogen) atoms. The van der Waals surface area contributed by atoms with Gasteiger partial charge in [-0.25, -0.2) is 18.0 Å². The van der Waals surface area contributed by atoms with Crippen LogP contribution in [0.25, 0.3) is 0 Å². The van der Waals surface area contributed by atoms with E-state index in [1.165, 1.54) is 0 Å². The molecule has 4 aliphatic carbocycles. The number of ether oxygens (including phenoxy) is 3. The lowest BCUT2D eigenvalue weighted by molar-refractivity contribution is -0.161. The minimum atomic E-state index is -3.71. The number of oxime groups is 1. The summed E-state index contributed by atoms with van der Waals surface area (Å²) in [4.78, 5) is 43.5. The van der Waals surface area contributed by atoms with Crippen LogP contribution in [-0.2, 0) is 43.5 Å². The predicted octanol–water partition coefficient (Wildman–Crippen LogP) is 3.74. The fourth-order valence-electron chi connectivity index (χ4n) is 8.72. The Morgan fingerprint density at radius 1 is 0.905 bits per heavy atom. The average Bonchev–Trinajstić information content (AvgIpc) is 3.58. The van der Waals surface area contributed by atoms with Gasteiger partial charge >= 0.3 is 17.9 Å². The number of nitrogens with zero attached hydrogens (tertiary/aromatic N) is 2. The number of rotatable bonds is 9. The highest BCUT2D eigenvalue weighted by molar-refractivity contribution is 7.89. The fraction of sp³-hybridized carbons (Fsp3) is 0.867. The quantitative estimate of drug-likeness (QED) is 0.282. The summed E-state index contributed by atoms with van der Waals surface area (Å²) in [5.74, 6) is -3.98. The van der Waals surface area contributed by atoms with Crippen molar-refractivity contribution in [2.45, 2.75) is 122 Å². The molecule has 0 amide bonds. The minimum absolute atomic E-state index is 0.0204. The molecular formula is C30H46N2O9S. The zero-order valence-electron chi connectivity index (χ0n) is 25.3. The molecule has 4 fully saturated rings. The van der Waals surface area contributed by atoms with Crippen LogP contribution in [0.15, 0.2) is 5.16 Å². The van der Waals surface area contributed by atoms with E-state index in [2.05, 4.69) is 19.0 Å². The molecule has 1 aliphatic heterocycles. The number of carbonyl (C=O) groups is 3. The fourth-order valence-corrected chi connectivity index (χ4v) is 11.5. The Morgan fingerprint density at radius 3 is 2.00 bits per heavy atom. The van der Waals surface area contributed by atoms with E-state index in [9.17, 15) is 22.8 Å². The van der Waals surface area contributed by atoms with Crippen LogP contribution in [0.5, 0.6) is 0 Å². The first-order chi connectivity index (χ1) is 20.0. The van der Waals surface area contributed by atoms with Gasteiger partial charge in [-0.3, -0.25) is 4.79 Å². The van der Waals surface area contributed by atoms with Crippen LogP contribution in [0.2, 0.25) is 0 Å². The van der Waals surface area contributed by atoms with E-state index < -0.39 is 51.5 Å². The van der Waals surface area contributed by atoms with E-state index in [0.717, 1.165) is 84.8 Å². The molecule has 12 heteroatoms. The van der Waals surface area contributed by atoms with Crippen molar-refractivity contribution >= 4 is 33.6 Å². The summed E-state index contributed by atoms with van der Waals surface area (Å²) >= 11 is 0. The molecular weight excluding hydrogens is 564 g/mol. The third-order valence-electron chi connectivity index (χ3n) is 11.2. The van der Waals surface area contributed by atoms with Gasteiger partial charge in [0.15, 0.2) is 11.6 Å². The molecule has 0 radical (unpaired) electrons. The lowest BCUT2D eigenvalue weighted by Crippen LogP contribution is -2.55. The van der Waals surface area contributed by atoms with Crippen molar-refractivity contribution in [3.8, 4) is 0 Å². The maximum absolute atomic E-state index is 14.6. The van der Waals surface area contributed by atoms with Crippen molar-refractivity contribution in [1.29, 1.82) is 0 Å². The van der Waals surface area contributed by atoms with Crippen LogP contribution in [0.4, 0.5) is 0 Å². The third kappa shape index (κ3) is 5.35. The molecule has 5 atom stereocenters. The number of methoxy groups -OCH3 is 2. The van der Waals surface area contributed by atoms with E-state index in [-0.39, 0.29) is 34.9 Å². The summed E-state index contributed by atoms with van der Waals surface area (Å²) in [7, 11) is -1.43. The Bertz CT molecular complexity index is 1170. The Kier molecular flexibility index (Phi) is 8.96. The van der Waals surface area contributed by atoms with Gasteiger partial charge in [0, 0.05) is 17.5 Å². The Morgan fingerprint density at radius 2 is 1.48 bits per heavy atom. The number of hydrogen-bond donors (Lipinski definition) is 0. The molecule has 1 heterocycles. The first-order valence-electron chi connectivity index (χ1n) is 15.6. The Balaban J connectivity index is 1.42. The molecule has 0 aromatic carbocycles. The topological polar surface area (TPSA) is 138 Å². The lowest BCUT2D eigenvalue weighted by Gasteiger charge is -2.46. The number of hydrogen-bond acceptors (Lipinski definition) is 10. The maximum Gasteiger partial charge on any atom is 0.357 e. The van der Waals surface area contributed by atoms with Crippen molar-refractivity contribution in [1.82, 2.24) is 4.31 Å². The molecule has 0 N–H and O–H groups in total. The molecule has 0 saturated heterocycles. The zero-order chi connectivity index (χ0) is 30.3. The molecule has 0 aromatic heterocycles. The molecule has 11 nitrogen and oxygen atoms in total. The second-order valence-electron chi connectivity index (χ2n) is 13.4. The zero-order valence-corrected chi connectivity index (χ0v) is 26.2. The highest BCUT2D eigenvalue weighted by atomic mass is 32.2. The van der Waals surface area contributed by atoms with E-state index in [4.69, 9.17) is 19.0 Å². The van der Waals surface area contributed by atoms with Gasteiger partial charge in [0.1, 0.15) is 6.10 Å². The summed E-state index contributed by atoms with van der Waals surface area (Å²) in [5, 5.41) is 3.74. The second-order valence-corrected chi connectivity index (χ2v) is 15.3. The standard InChI is InChI=1S/C30H46N2O9S/c1-29(2)19-15-16-30(29,18-42(36,37)32(20-11-7-5-8-12-20)21-13-9-6-10-14-21)22(17-19)40-27(34)24-23(26(33)38-3)25(41-31-24)28(35)39-4/h19-23,25H,5-18H2,1-4H3/t19-,22-,23-,25-,30-/m1/s1. The van der Waals surface area contributed by atoms with Gasteiger partial charge in [0.05, 0.1) is 20.0 Å². The highest BCUT2D eigenvalue weighted by Gasteiger charge is 2.67. The van der Waals surface area contributed by atoms with Crippen molar-refractivity contribution in [2.24, 2.45) is 27.8 Å². The summed E-state index contributed by atoms with van der Waals surface area (Å²) in [5.41, 5.74) is -1.56. The highest BCUT2D eigenvalue weighted by Crippen LogP contribution is 2.67. The van der Waals surface area contributed by atoms with Gasteiger partial charge < -0.3 is 19.0 Å². The molecule has 236 valence electrons. The van der Waals surface area contributed by atoms with E-state index >= 15 is 0 Å². The first-order valence-corrected chi connectivity index (χ1v) is 17.2. The number of fused-ring (bicyclic) bond motifs is 2. The van der Waals surface area contributed by atoms with Crippen molar-refractivity contribution in [3.05, 3.63) is 0 Å². The van der Waals surface area contributed by atoms with Gasteiger partial charge in [-0.05, 0) is 56.3 Å². The van der Waals surface area contributed by atoms with Crippen LogP contribution in [0, 0.1) is 22.7 Å². The first kappa shape index (κ1) is 31.2. The maximum atomic E-state index is 14.6. The largest absolute Gasteiger partial charge is 0.468 e. The van der Waals surface area contributed by atoms with E-state index in [0.29, 0.717) is 12.8 Å². The number of carbonyl (C=O) groups excluding carboxylic acids is 3. The molecule has 5 aliphatic rings. The van der Waals surface area contributed by atoms with Crippen molar-refractivity contribution in [2.75, 3.05) is 20.0 Å². The van der Waals surface area contributed by atoms with Crippen molar-refractivity contribution in [3.63, 3.8) is 0 Å². The summed E-state index contributed by atoms with van der Waals surface area (Å²) in [6.45, 7) is 4.20. The monoisotopic (exact) mass is 610 g/mol. The Hall–Kier alpha value is -2.21. The van der Waals surface area contributed by atoms with Crippen LogP contribution < -0.4 is 0 Å². The number of esters is 3. The van der Waals surface area contributed by atoms with Crippen molar-refractivity contribution < 1.29 is 41.8 Å². The molecule has 5 rings (SSSR count). The van der Waals surface area contributed by atoms with Gasteiger partial charge in [-0.15, -0.1) is 0 Å². The molecule has 4 saturated carbocycles. The number of sulfonamides is 1. The van der Waals surface area contributed by atoms with Gasteiger partial charge in [0.2, 0.25) is 16.1 Å². The summed E-state index contributed by atoms with van der Waals surface area (Å²) in [6.07, 6.45) is 9.88. The predicted molar refractivity (Wildman–Crippen MR) is 153 cm³/mol. The SMILES string of the molecule is COC(=O)[C@@H]1C(C(=O)O[C@@H]2C[C@H]3CC[C@]2(CS(=O)(=O)N(C2CCCCC2)C2CCCCC2)C3(C)C)=NO[C@H]1C(=O)OC. The molecule has 2 bridgehead atoms. The molecule has 0 unspecified atom stereocenters. The summed E-state index contributed by atoms with van der Waals surface area (Å²) in [6, 6.07) is 0.0408. The van der Waals surface area contributed by atoms with Crippen LogP contribution in [0.1, 0.15) is 97.3 Å². The van der Waals surface area contributed by atoms with Crippen LogP contribution >= 0.6 is 0 Å². The normalized spacial score (nSPS) is 33.2. The minimum Gasteiger partial charge on any atom is -0.468 e. The van der Waals surface area contributed by atoms with Gasteiger partial charge in [-0.1, -0.05) is 57.5 Å². The molecule has 0 aromatic rings. The van der Waals surface area contributed by atoms with E-state index in [1.807, 2.05) is 4.31 Å². The lowest BCUT2D eigenvalue weighted by atomic mass is 9.69. The second kappa shape index (κ2) is 12.1. The van der Waals surface area contributed by atoms with Crippen LogP contribution in [-0.4, -0.2) is 80.6 Å².